The number of benzene rings is 1. The fourth-order valence-electron chi connectivity index (χ4n) is 3.38. The van der Waals surface area contributed by atoms with E-state index in [1.165, 1.54) is 5.56 Å². The lowest BCUT2D eigenvalue weighted by atomic mass is 9.76. The van der Waals surface area contributed by atoms with Crippen molar-refractivity contribution < 1.29 is 19.1 Å². The number of carboxylic acids is 1. The van der Waals surface area contributed by atoms with Gasteiger partial charge in [0.05, 0.1) is 11.7 Å². The van der Waals surface area contributed by atoms with E-state index in [9.17, 15) is 9.90 Å². The van der Waals surface area contributed by atoms with Gasteiger partial charge in [0, 0.05) is 25.6 Å². The summed E-state index contributed by atoms with van der Waals surface area (Å²) >= 11 is 0. The van der Waals surface area contributed by atoms with Crippen LogP contribution in [-0.4, -0.2) is 42.8 Å². The summed E-state index contributed by atoms with van der Waals surface area (Å²) < 4.78 is 10.5. The highest BCUT2D eigenvalue weighted by atomic mass is 16.5. The number of hydrogen-bond acceptors (Lipinski definition) is 4. The van der Waals surface area contributed by atoms with Crippen LogP contribution in [0.5, 0.6) is 0 Å². The Kier molecular flexibility index (Phi) is 4.68. The second-order valence-electron chi connectivity index (χ2n) is 6.40. The minimum Gasteiger partial charge on any atom is -0.481 e. The quantitative estimate of drug-likeness (QED) is 0.887. The zero-order chi connectivity index (χ0) is 16.3. The fraction of sp³-hybridized carbons (Fsp3) is 0.500. The van der Waals surface area contributed by atoms with Crippen LogP contribution in [0.3, 0.4) is 0 Å². The number of likely N-dealkylation sites (tertiary alicyclic amines) is 1. The normalized spacial score (nSPS) is 18.3. The molecular weight excluding hydrogens is 294 g/mol. The Hall–Kier alpha value is -1.85. The predicted octanol–water partition coefficient (Wildman–Crippen LogP) is 3.14. The lowest BCUT2D eigenvalue weighted by Gasteiger charge is -2.38. The highest BCUT2D eigenvalue weighted by Gasteiger charge is 2.40. The summed E-state index contributed by atoms with van der Waals surface area (Å²) in [5, 5.41) is 10.7. The van der Waals surface area contributed by atoms with Crippen molar-refractivity contribution in [3.05, 3.63) is 36.1 Å². The Morgan fingerprint density at radius 1 is 1.35 bits per heavy atom. The Balaban J connectivity index is 1.62. The molecule has 0 aliphatic carbocycles. The standard InChI is InChI=1S/C18H23NO4/c1-22-11-7-18(17(20)21)5-8-19(9-6-18)13-14-2-3-16-15(12-14)4-10-23-16/h2-4,10,12H,5-9,11,13H2,1H3,(H,20,21). The Bertz CT molecular complexity index is 670. The van der Waals surface area contributed by atoms with Gasteiger partial charge in [-0.05, 0) is 56.1 Å². The number of piperidine rings is 1. The van der Waals surface area contributed by atoms with E-state index in [0.29, 0.717) is 25.9 Å². The van der Waals surface area contributed by atoms with Crippen molar-refractivity contribution in [1.82, 2.24) is 4.90 Å². The topological polar surface area (TPSA) is 62.9 Å². The molecule has 1 N–H and O–H groups in total. The molecule has 0 spiro atoms. The van der Waals surface area contributed by atoms with Crippen LogP contribution in [0, 0.1) is 5.41 Å². The van der Waals surface area contributed by atoms with Gasteiger partial charge in [-0.25, -0.2) is 0 Å². The van der Waals surface area contributed by atoms with Crippen molar-refractivity contribution in [1.29, 1.82) is 0 Å². The lowest BCUT2D eigenvalue weighted by molar-refractivity contribution is -0.153. The number of carbonyl (C=O) groups is 1. The number of rotatable bonds is 6. The molecule has 1 aliphatic heterocycles. The number of aliphatic carboxylic acids is 1. The van der Waals surface area contributed by atoms with Crippen molar-refractivity contribution in [2.45, 2.75) is 25.8 Å². The molecule has 0 saturated carbocycles. The average molecular weight is 317 g/mol. The van der Waals surface area contributed by atoms with Crippen molar-refractivity contribution in [2.75, 3.05) is 26.8 Å². The first-order chi connectivity index (χ1) is 11.1. The second-order valence-corrected chi connectivity index (χ2v) is 6.40. The summed E-state index contributed by atoms with van der Waals surface area (Å²) in [5.41, 5.74) is 1.51. The summed E-state index contributed by atoms with van der Waals surface area (Å²) in [5.74, 6) is -0.686. The molecule has 124 valence electrons. The summed E-state index contributed by atoms with van der Waals surface area (Å²) in [7, 11) is 1.62. The number of methoxy groups -OCH3 is 1. The van der Waals surface area contributed by atoms with Crippen molar-refractivity contribution in [2.24, 2.45) is 5.41 Å². The largest absolute Gasteiger partial charge is 0.481 e. The van der Waals surface area contributed by atoms with E-state index in [1.54, 1.807) is 13.4 Å². The Labute approximate surface area is 135 Å². The van der Waals surface area contributed by atoms with Gasteiger partial charge in [0.15, 0.2) is 0 Å². The van der Waals surface area contributed by atoms with Gasteiger partial charge < -0.3 is 14.3 Å². The van der Waals surface area contributed by atoms with Crippen LogP contribution in [0.2, 0.25) is 0 Å². The molecule has 2 heterocycles. The van der Waals surface area contributed by atoms with Crippen LogP contribution >= 0.6 is 0 Å². The molecule has 3 rings (SSSR count). The van der Waals surface area contributed by atoms with Gasteiger partial charge in [0.2, 0.25) is 0 Å². The van der Waals surface area contributed by atoms with E-state index >= 15 is 0 Å². The summed E-state index contributed by atoms with van der Waals surface area (Å²) in [6.07, 6.45) is 3.65. The molecule has 5 heteroatoms. The van der Waals surface area contributed by atoms with Gasteiger partial charge in [-0.2, -0.15) is 0 Å². The summed E-state index contributed by atoms with van der Waals surface area (Å²) in [6, 6.07) is 8.18. The van der Waals surface area contributed by atoms with Gasteiger partial charge in [-0.15, -0.1) is 0 Å². The van der Waals surface area contributed by atoms with Crippen LogP contribution in [0.1, 0.15) is 24.8 Å². The van der Waals surface area contributed by atoms with E-state index in [2.05, 4.69) is 17.0 Å². The number of hydrogen-bond donors (Lipinski definition) is 1. The lowest BCUT2D eigenvalue weighted by Crippen LogP contribution is -2.44. The molecule has 0 radical (unpaired) electrons. The monoisotopic (exact) mass is 317 g/mol. The van der Waals surface area contributed by atoms with Crippen LogP contribution in [0.15, 0.2) is 34.9 Å². The van der Waals surface area contributed by atoms with Crippen LogP contribution in [-0.2, 0) is 16.1 Å². The molecular formula is C18H23NO4. The van der Waals surface area contributed by atoms with E-state index in [1.807, 2.05) is 12.1 Å². The maximum atomic E-state index is 11.7. The van der Waals surface area contributed by atoms with Crippen LogP contribution in [0.25, 0.3) is 11.0 Å². The number of ether oxygens (including phenoxy) is 1. The number of furan rings is 1. The zero-order valence-electron chi connectivity index (χ0n) is 13.5. The molecule has 2 aromatic rings. The summed E-state index contributed by atoms with van der Waals surface area (Å²) in [4.78, 5) is 14.0. The Morgan fingerprint density at radius 3 is 2.83 bits per heavy atom. The number of nitrogens with zero attached hydrogens (tertiary/aromatic N) is 1. The molecule has 1 fully saturated rings. The van der Waals surface area contributed by atoms with E-state index in [4.69, 9.17) is 9.15 Å². The highest BCUT2D eigenvalue weighted by molar-refractivity contribution is 5.77. The SMILES string of the molecule is COCCC1(C(=O)O)CCN(Cc2ccc3occc3c2)CC1. The van der Waals surface area contributed by atoms with Crippen LogP contribution < -0.4 is 0 Å². The number of carboxylic acid groups (broad SMARTS) is 1. The molecule has 0 atom stereocenters. The molecule has 1 aliphatic rings. The first kappa shape index (κ1) is 16.0. The number of fused-ring (bicyclic) bond motifs is 1. The minimum atomic E-state index is -0.686. The van der Waals surface area contributed by atoms with E-state index < -0.39 is 11.4 Å². The van der Waals surface area contributed by atoms with Crippen molar-refractivity contribution in [3.8, 4) is 0 Å². The molecule has 23 heavy (non-hydrogen) atoms. The Morgan fingerprint density at radius 2 is 2.13 bits per heavy atom. The van der Waals surface area contributed by atoms with Gasteiger partial charge in [0.25, 0.3) is 0 Å². The van der Waals surface area contributed by atoms with Gasteiger partial charge in [0.1, 0.15) is 5.58 Å². The van der Waals surface area contributed by atoms with E-state index in [0.717, 1.165) is 30.6 Å². The van der Waals surface area contributed by atoms with Gasteiger partial charge in [-0.3, -0.25) is 9.69 Å². The van der Waals surface area contributed by atoms with Crippen molar-refractivity contribution in [3.63, 3.8) is 0 Å². The smallest absolute Gasteiger partial charge is 0.309 e. The second kappa shape index (κ2) is 6.72. The molecule has 1 aromatic heterocycles. The first-order valence-electron chi connectivity index (χ1n) is 8.04. The minimum absolute atomic E-state index is 0.503. The average Bonchev–Trinajstić information content (AvgIpc) is 3.02. The summed E-state index contributed by atoms with van der Waals surface area (Å²) in [6.45, 7) is 2.96. The van der Waals surface area contributed by atoms with Gasteiger partial charge >= 0.3 is 5.97 Å². The third-order valence-electron chi connectivity index (χ3n) is 4.97. The van der Waals surface area contributed by atoms with Gasteiger partial charge in [-0.1, -0.05) is 6.07 Å². The molecule has 0 amide bonds. The highest BCUT2D eigenvalue weighted by Crippen LogP contribution is 2.36. The molecule has 1 saturated heterocycles. The maximum Gasteiger partial charge on any atom is 0.309 e. The molecule has 1 aromatic carbocycles. The van der Waals surface area contributed by atoms with E-state index in [-0.39, 0.29) is 0 Å². The van der Waals surface area contributed by atoms with Crippen LogP contribution in [0.4, 0.5) is 0 Å². The molecule has 0 bridgehead atoms. The maximum absolute atomic E-state index is 11.7. The van der Waals surface area contributed by atoms with Crippen molar-refractivity contribution >= 4 is 16.9 Å². The first-order valence-corrected chi connectivity index (χ1v) is 8.04. The third kappa shape index (κ3) is 3.41. The molecule has 0 unspecified atom stereocenters. The zero-order valence-corrected chi connectivity index (χ0v) is 13.5. The molecule has 5 nitrogen and oxygen atoms in total. The third-order valence-corrected chi connectivity index (χ3v) is 4.97. The predicted molar refractivity (Wildman–Crippen MR) is 87.3 cm³/mol. The fourth-order valence-corrected chi connectivity index (χ4v) is 3.38.